The summed E-state index contributed by atoms with van der Waals surface area (Å²) in [5, 5.41) is 4.46. The molecule has 0 amide bonds. The summed E-state index contributed by atoms with van der Waals surface area (Å²) < 4.78 is 2.18. The van der Waals surface area contributed by atoms with Crippen molar-refractivity contribution in [2.45, 2.75) is 0 Å². The van der Waals surface area contributed by atoms with Gasteiger partial charge in [-0.05, 0) is 41.1 Å². The van der Waals surface area contributed by atoms with Gasteiger partial charge in [0.25, 0.3) is 0 Å². The van der Waals surface area contributed by atoms with E-state index in [1.165, 1.54) is 0 Å². The summed E-state index contributed by atoms with van der Waals surface area (Å²) in [5.74, 6) is 0. The Labute approximate surface area is 259 Å². The molecule has 5 heterocycles. The molecule has 0 spiro atoms. The molecular weight excluding hydrogens is 550 g/mol. The zero-order chi connectivity index (χ0) is 29.7. The smallest absolute Gasteiger partial charge is 0.138 e. The molecule has 5 aromatic heterocycles. The Morgan fingerprint density at radius 2 is 1.02 bits per heavy atom. The molecule has 0 aliphatic carbocycles. The second-order valence-electron chi connectivity index (χ2n) is 11.2. The lowest BCUT2D eigenvalue weighted by atomic mass is 10.0. The number of pyridine rings is 4. The lowest BCUT2D eigenvalue weighted by molar-refractivity contribution is 1.21. The largest absolute Gasteiger partial charge is 0.298 e. The van der Waals surface area contributed by atoms with Gasteiger partial charge in [-0.2, -0.15) is 0 Å². The molecule has 45 heavy (non-hydrogen) atoms. The molecule has 0 bridgehead atoms. The highest BCUT2D eigenvalue weighted by Gasteiger charge is 2.18. The van der Waals surface area contributed by atoms with Crippen LogP contribution in [-0.2, 0) is 0 Å². The summed E-state index contributed by atoms with van der Waals surface area (Å²) in [4.78, 5) is 19.9. The van der Waals surface area contributed by atoms with E-state index in [-0.39, 0.29) is 0 Å². The molecular formula is C40H25N5. The number of benzene rings is 4. The third kappa shape index (κ3) is 4.33. The Morgan fingerprint density at radius 3 is 1.71 bits per heavy atom. The van der Waals surface area contributed by atoms with Crippen LogP contribution in [0.15, 0.2) is 152 Å². The van der Waals surface area contributed by atoms with E-state index in [0.717, 1.165) is 83.4 Å². The fourth-order valence-corrected chi connectivity index (χ4v) is 6.17. The highest BCUT2D eigenvalue weighted by Crippen LogP contribution is 2.35. The van der Waals surface area contributed by atoms with Gasteiger partial charge in [0.2, 0.25) is 0 Å². The van der Waals surface area contributed by atoms with Crippen LogP contribution < -0.4 is 0 Å². The van der Waals surface area contributed by atoms with Crippen molar-refractivity contribution < 1.29 is 0 Å². The van der Waals surface area contributed by atoms with Gasteiger partial charge in [-0.15, -0.1) is 0 Å². The van der Waals surface area contributed by atoms with E-state index in [2.05, 4.69) is 119 Å². The topological polar surface area (TPSA) is 56.0 Å². The maximum Gasteiger partial charge on any atom is 0.138 e. The Hall–Kier alpha value is -6.20. The molecule has 0 saturated carbocycles. The summed E-state index contributed by atoms with van der Waals surface area (Å²) in [6.07, 6.45) is 3.98. The lowest BCUT2D eigenvalue weighted by Crippen LogP contribution is -1.93. The highest BCUT2D eigenvalue weighted by atomic mass is 15.0. The minimum atomic E-state index is 0.842. The monoisotopic (exact) mass is 575 g/mol. The van der Waals surface area contributed by atoms with E-state index < -0.39 is 0 Å². The van der Waals surface area contributed by atoms with Crippen molar-refractivity contribution in [3.8, 4) is 45.2 Å². The molecule has 210 valence electrons. The third-order valence-electron chi connectivity index (χ3n) is 8.44. The first-order chi connectivity index (χ1) is 22.3. The van der Waals surface area contributed by atoms with E-state index in [1.54, 1.807) is 0 Å². The van der Waals surface area contributed by atoms with Gasteiger partial charge in [-0.25, -0.2) is 15.0 Å². The number of nitrogens with zero attached hydrogens (tertiary/aromatic N) is 5. The standard InChI is InChI=1S/C40H25N5/c1-2-8-26(9-3-1)33-21-19-28-15-16-29-20-22-34(43-38(29)37(28)42-33)27-13-17-30(18-14-27)40-39(35-12-6-7-23-41-35)44-36-24-31-10-4-5-11-32(31)25-45(36)40/h1-25H. The van der Waals surface area contributed by atoms with Crippen LogP contribution in [-0.4, -0.2) is 24.3 Å². The highest BCUT2D eigenvalue weighted by molar-refractivity contribution is 6.04. The molecule has 0 saturated heterocycles. The molecule has 5 heteroatoms. The number of aromatic nitrogens is 5. The van der Waals surface area contributed by atoms with Crippen LogP contribution in [0.4, 0.5) is 0 Å². The Bertz CT molecular complexity index is 2520. The van der Waals surface area contributed by atoms with E-state index in [4.69, 9.17) is 15.0 Å². The van der Waals surface area contributed by atoms with E-state index in [9.17, 15) is 0 Å². The molecule has 4 aromatic carbocycles. The summed E-state index contributed by atoms with van der Waals surface area (Å²) >= 11 is 0. The first-order valence-electron chi connectivity index (χ1n) is 15.0. The third-order valence-corrected chi connectivity index (χ3v) is 8.44. The van der Waals surface area contributed by atoms with Crippen LogP contribution in [0.5, 0.6) is 0 Å². The number of hydrogen-bond donors (Lipinski definition) is 0. The van der Waals surface area contributed by atoms with Gasteiger partial charge in [0.1, 0.15) is 11.3 Å². The van der Waals surface area contributed by atoms with Crippen LogP contribution >= 0.6 is 0 Å². The maximum atomic E-state index is 5.16. The molecule has 9 aromatic rings. The molecule has 9 rings (SSSR count). The summed E-state index contributed by atoms with van der Waals surface area (Å²) in [6.45, 7) is 0. The zero-order valence-corrected chi connectivity index (χ0v) is 24.2. The van der Waals surface area contributed by atoms with Crippen LogP contribution in [0.1, 0.15) is 0 Å². The average molecular weight is 576 g/mol. The number of rotatable bonds is 4. The first-order valence-corrected chi connectivity index (χ1v) is 15.0. The van der Waals surface area contributed by atoms with Crippen molar-refractivity contribution in [2.24, 2.45) is 0 Å². The van der Waals surface area contributed by atoms with Crippen molar-refractivity contribution >= 4 is 38.2 Å². The fraction of sp³-hybridized carbons (Fsp3) is 0. The molecule has 0 fully saturated rings. The molecule has 0 aliphatic rings. The summed E-state index contributed by atoms with van der Waals surface area (Å²) in [7, 11) is 0. The Kier molecular flexibility index (Phi) is 5.74. The van der Waals surface area contributed by atoms with Gasteiger partial charge in [0.05, 0.1) is 33.8 Å². The van der Waals surface area contributed by atoms with E-state index in [1.807, 2.05) is 42.6 Å². The van der Waals surface area contributed by atoms with Gasteiger partial charge >= 0.3 is 0 Å². The summed E-state index contributed by atoms with van der Waals surface area (Å²) in [6, 6.07) is 48.0. The normalized spacial score (nSPS) is 11.6. The predicted molar refractivity (Wildman–Crippen MR) is 183 cm³/mol. The number of fused-ring (bicyclic) bond motifs is 5. The SMILES string of the molecule is c1ccc(-c2ccc3ccc4ccc(-c5ccc(-c6c(-c7ccccn7)nc7cc8ccccc8cn67)cc5)nc4c3n2)cc1. The molecule has 0 aliphatic heterocycles. The molecule has 0 radical (unpaired) electrons. The summed E-state index contributed by atoms with van der Waals surface area (Å²) in [5.41, 5.74) is 10.4. The van der Waals surface area contributed by atoms with Gasteiger partial charge in [0.15, 0.2) is 0 Å². The zero-order valence-electron chi connectivity index (χ0n) is 24.2. The number of imidazole rings is 1. The Morgan fingerprint density at radius 1 is 0.422 bits per heavy atom. The number of hydrogen-bond acceptors (Lipinski definition) is 4. The quantitative estimate of drug-likeness (QED) is 0.196. The van der Waals surface area contributed by atoms with Gasteiger partial charge in [0, 0.05) is 39.9 Å². The average Bonchev–Trinajstić information content (AvgIpc) is 3.49. The van der Waals surface area contributed by atoms with Crippen LogP contribution in [0, 0.1) is 0 Å². The van der Waals surface area contributed by atoms with E-state index >= 15 is 0 Å². The van der Waals surface area contributed by atoms with Crippen molar-refractivity contribution in [3.05, 3.63) is 152 Å². The molecule has 0 unspecified atom stereocenters. The molecule has 0 atom stereocenters. The van der Waals surface area contributed by atoms with Crippen molar-refractivity contribution in [1.29, 1.82) is 0 Å². The fourth-order valence-electron chi connectivity index (χ4n) is 6.17. The Balaban J connectivity index is 1.17. The maximum absolute atomic E-state index is 5.16. The molecule has 5 nitrogen and oxygen atoms in total. The van der Waals surface area contributed by atoms with E-state index in [0.29, 0.717) is 0 Å². The van der Waals surface area contributed by atoms with Gasteiger partial charge < -0.3 is 0 Å². The van der Waals surface area contributed by atoms with Crippen LogP contribution in [0.2, 0.25) is 0 Å². The van der Waals surface area contributed by atoms with Crippen molar-refractivity contribution in [1.82, 2.24) is 24.3 Å². The van der Waals surface area contributed by atoms with Crippen molar-refractivity contribution in [2.75, 3.05) is 0 Å². The van der Waals surface area contributed by atoms with Crippen LogP contribution in [0.25, 0.3) is 83.4 Å². The second-order valence-corrected chi connectivity index (χ2v) is 11.2. The second kappa shape index (κ2) is 10.2. The predicted octanol–water partition coefficient (Wildman–Crippen LogP) is 9.65. The molecule has 0 N–H and O–H groups in total. The van der Waals surface area contributed by atoms with Gasteiger partial charge in [-0.3, -0.25) is 9.38 Å². The lowest BCUT2D eigenvalue weighted by Gasteiger charge is -2.10. The minimum Gasteiger partial charge on any atom is -0.298 e. The van der Waals surface area contributed by atoms with Gasteiger partial charge in [-0.1, -0.05) is 109 Å². The first kappa shape index (κ1) is 25.3. The van der Waals surface area contributed by atoms with Crippen LogP contribution in [0.3, 0.4) is 0 Å². The van der Waals surface area contributed by atoms with Crippen molar-refractivity contribution in [3.63, 3.8) is 0 Å². The minimum absolute atomic E-state index is 0.842.